The lowest BCUT2D eigenvalue weighted by molar-refractivity contribution is 0.559. The van der Waals surface area contributed by atoms with Gasteiger partial charge in [0.15, 0.2) is 6.26 Å². The maximum atomic E-state index is 4.68. The molecule has 0 aliphatic carbocycles. The molecule has 0 saturated carbocycles. The number of furan rings is 1. The van der Waals surface area contributed by atoms with Gasteiger partial charge in [-0.2, -0.15) is 0 Å². The fourth-order valence-corrected chi connectivity index (χ4v) is 0.519. The van der Waals surface area contributed by atoms with E-state index in [1.807, 2.05) is 13.0 Å². The fourth-order valence-electron chi connectivity index (χ4n) is 0.519. The van der Waals surface area contributed by atoms with Gasteiger partial charge in [-0.3, -0.25) is 0 Å². The third-order valence-electron chi connectivity index (χ3n) is 0.839. The van der Waals surface area contributed by atoms with Crippen LogP contribution in [0.3, 0.4) is 0 Å². The first-order chi connectivity index (χ1) is 3.93. The highest BCUT2D eigenvalue weighted by molar-refractivity contribution is 5.36. The van der Waals surface area contributed by atoms with Crippen LogP contribution in [0.1, 0.15) is 6.92 Å². The SMILES string of the molecule is CCNc1[c]occ1. The minimum atomic E-state index is 0.913. The summed E-state index contributed by atoms with van der Waals surface area (Å²) in [6.07, 6.45) is 4.25. The van der Waals surface area contributed by atoms with Crippen LogP contribution in [0.25, 0.3) is 0 Å². The van der Waals surface area contributed by atoms with Gasteiger partial charge < -0.3 is 9.73 Å². The van der Waals surface area contributed by atoms with Crippen LogP contribution in [0.4, 0.5) is 5.69 Å². The number of rotatable bonds is 2. The first-order valence-corrected chi connectivity index (χ1v) is 2.62. The Morgan fingerprint density at radius 1 is 1.88 bits per heavy atom. The largest absolute Gasteiger partial charge is 0.459 e. The molecule has 0 saturated heterocycles. The van der Waals surface area contributed by atoms with Crippen LogP contribution in [0.2, 0.25) is 0 Å². The molecule has 2 nitrogen and oxygen atoms in total. The van der Waals surface area contributed by atoms with Crippen molar-refractivity contribution in [1.82, 2.24) is 0 Å². The topological polar surface area (TPSA) is 25.2 Å². The second kappa shape index (κ2) is 2.40. The van der Waals surface area contributed by atoms with Crippen LogP contribution in [-0.2, 0) is 0 Å². The van der Waals surface area contributed by atoms with Crippen molar-refractivity contribution in [3.63, 3.8) is 0 Å². The van der Waals surface area contributed by atoms with E-state index in [0.717, 1.165) is 12.2 Å². The summed E-state index contributed by atoms with van der Waals surface area (Å²) in [5, 5.41) is 3.04. The van der Waals surface area contributed by atoms with Crippen molar-refractivity contribution in [3.05, 3.63) is 18.6 Å². The second-order valence-corrected chi connectivity index (χ2v) is 1.47. The quantitative estimate of drug-likeness (QED) is 0.624. The third-order valence-corrected chi connectivity index (χ3v) is 0.839. The van der Waals surface area contributed by atoms with Crippen LogP contribution in [0.5, 0.6) is 0 Å². The van der Waals surface area contributed by atoms with Gasteiger partial charge in [0.2, 0.25) is 0 Å². The molecule has 43 valence electrons. The normalized spacial score (nSPS) is 9.12. The Hall–Kier alpha value is -0.920. The predicted molar refractivity (Wildman–Crippen MR) is 31.7 cm³/mol. The maximum Gasteiger partial charge on any atom is 0.194 e. The lowest BCUT2D eigenvalue weighted by Crippen LogP contribution is -1.93. The molecule has 1 heterocycles. The van der Waals surface area contributed by atoms with E-state index in [1.165, 1.54) is 0 Å². The van der Waals surface area contributed by atoms with Crippen LogP contribution >= 0.6 is 0 Å². The first-order valence-electron chi connectivity index (χ1n) is 2.62. The molecule has 0 bridgehead atoms. The molecule has 1 aromatic heterocycles. The monoisotopic (exact) mass is 110 g/mol. The van der Waals surface area contributed by atoms with Crippen LogP contribution in [0.15, 0.2) is 16.7 Å². The van der Waals surface area contributed by atoms with Crippen molar-refractivity contribution in [3.8, 4) is 0 Å². The van der Waals surface area contributed by atoms with Gasteiger partial charge >= 0.3 is 0 Å². The fraction of sp³-hybridized carbons (Fsp3) is 0.333. The molecule has 8 heavy (non-hydrogen) atoms. The molecule has 0 amide bonds. The van der Waals surface area contributed by atoms with E-state index in [0.29, 0.717) is 0 Å². The molecule has 0 aliphatic rings. The van der Waals surface area contributed by atoms with Crippen molar-refractivity contribution >= 4 is 5.69 Å². The number of nitrogens with one attached hydrogen (secondary N) is 1. The minimum Gasteiger partial charge on any atom is -0.459 e. The minimum absolute atomic E-state index is 0.913. The van der Waals surface area contributed by atoms with E-state index in [1.54, 1.807) is 6.26 Å². The Labute approximate surface area is 48.5 Å². The highest BCUT2D eigenvalue weighted by Gasteiger charge is 1.86. The molecule has 1 aromatic rings. The molecule has 0 aliphatic heterocycles. The van der Waals surface area contributed by atoms with Gasteiger partial charge in [-0.05, 0) is 6.92 Å². The van der Waals surface area contributed by atoms with Crippen molar-refractivity contribution in [1.29, 1.82) is 0 Å². The van der Waals surface area contributed by atoms with Crippen LogP contribution in [-0.4, -0.2) is 6.54 Å². The smallest absolute Gasteiger partial charge is 0.194 e. The van der Waals surface area contributed by atoms with E-state index >= 15 is 0 Å². The third kappa shape index (κ3) is 1.03. The lowest BCUT2D eigenvalue weighted by atomic mass is 10.5. The molecular weight excluding hydrogens is 102 g/mol. The van der Waals surface area contributed by atoms with Gasteiger partial charge in [-0.25, -0.2) is 0 Å². The van der Waals surface area contributed by atoms with Crippen molar-refractivity contribution in [2.75, 3.05) is 11.9 Å². The number of hydrogen-bond donors (Lipinski definition) is 1. The molecule has 0 unspecified atom stereocenters. The summed E-state index contributed by atoms with van der Waals surface area (Å²) in [6, 6.07) is 1.84. The Bertz CT molecular complexity index is 134. The van der Waals surface area contributed by atoms with Crippen molar-refractivity contribution < 1.29 is 4.42 Å². The average molecular weight is 110 g/mol. The Kier molecular flexibility index (Phi) is 1.57. The second-order valence-electron chi connectivity index (χ2n) is 1.47. The highest BCUT2D eigenvalue weighted by atomic mass is 16.3. The van der Waals surface area contributed by atoms with Crippen molar-refractivity contribution in [2.24, 2.45) is 0 Å². The summed E-state index contributed by atoms with van der Waals surface area (Å²) >= 11 is 0. The number of anilines is 1. The summed E-state index contributed by atoms with van der Waals surface area (Å²) in [6.45, 7) is 2.94. The zero-order chi connectivity index (χ0) is 5.82. The predicted octanol–water partition coefficient (Wildman–Crippen LogP) is 1.51. The van der Waals surface area contributed by atoms with Gasteiger partial charge in [-0.1, -0.05) is 0 Å². The average Bonchev–Trinajstić information content (AvgIpc) is 2.19. The summed E-state index contributed by atoms with van der Waals surface area (Å²) in [4.78, 5) is 0. The summed E-state index contributed by atoms with van der Waals surface area (Å²) in [5.74, 6) is 0. The van der Waals surface area contributed by atoms with Crippen LogP contribution < -0.4 is 5.32 Å². The standard InChI is InChI=1S/C6H8NO/c1-2-7-6-3-4-8-5-6/h3-4,7H,2H2,1H3. The molecule has 0 aromatic carbocycles. The Morgan fingerprint density at radius 3 is 3.25 bits per heavy atom. The van der Waals surface area contributed by atoms with Gasteiger partial charge in [0.1, 0.15) is 0 Å². The summed E-state index contributed by atoms with van der Waals surface area (Å²) < 4.78 is 4.68. The molecule has 1 radical (unpaired) electrons. The van der Waals surface area contributed by atoms with E-state index in [-0.39, 0.29) is 0 Å². The van der Waals surface area contributed by atoms with Gasteiger partial charge in [0, 0.05) is 12.6 Å². The molecule has 1 rings (SSSR count). The van der Waals surface area contributed by atoms with E-state index in [9.17, 15) is 0 Å². The zero-order valence-corrected chi connectivity index (χ0v) is 4.77. The van der Waals surface area contributed by atoms with Crippen molar-refractivity contribution in [2.45, 2.75) is 6.92 Å². The summed E-state index contributed by atoms with van der Waals surface area (Å²) in [5.41, 5.74) is 0.924. The maximum absolute atomic E-state index is 4.68. The first kappa shape index (κ1) is 5.22. The molecular formula is C6H8NO. The van der Waals surface area contributed by atoms with Crippen LogP contribution in [0, 0.1) is 6.26 Å². The number of hydrogen-bond acceptors (Lipinski definition) is 2. The van der Waals surface area contributed by atoms with Gasteiger partial charge in [-0.15, -0.1) is 0 Å². The molecule has 1 N–H and O–H groups in total. The highest BCUT2D eigenvalue weighted by Crippen LogP contribution is 2.03. The Balaban J connectivity index is 2.50. The van der Waals surface area contributed by atoms with E-state index in [4.69, 9.17) is 0 Å². The molecule has 2 heteroatoms. The molecule has 0 atom stereocenters. The van der Waals surface area contributed by atoms with E-state index in [2.05, 4.69) is 16.0 Å². The van der Waals surface area contributed by atoms with E-state index < -0.39 is 0 Å². The molecule has 0 fully saturated rings. The lowest BCUT2D eigenvalue weighted by Gasteiger charge is -1.91. The van der Waals surface area contributed by atoms with Gasteiger partial charge in [0.25, 0.3) is 0 Å². The Morgan fingerprint density at radius 2 is 2.75 bits per heavy atom. The van der Waals surface area contributed by atoms with Gasteiger partial charge in [0.05, 0.1) is 12.0 Å². The zero-order valence-electron chi connectivity index (χ0n) is 4.77. The summed E-state index contributed by atoms with van der Waals surface area (Å²) in [7, 11) is 0. The molecule has 0 spiro atoms.